The summed E-state index contributed by atoms with van der Waals surface area (Å²) in [4.78, 5) is 29.3. The number of amides is 1. The molecule has 0 radical (unpaired) electrons. The smallest absolute Gasteiger partial charge is 0.347 e. The van der Waals surface area contributed by atoms with Crippen molar-refractivity contribution in [2.75, 3.05) is 0 Å². The van der Waals surface area contributed by atoms with E-state index in [-0.39, 0.29) is 12.5 Å². The van der Waals surface area contributed by atoms with Crippen molar-refractivity contribution in [1.29, 1.82) is 0 Å². The van der Waals surface area contributed by atoms with Gasteiger partial charge in [0, 0.05) is 11.4 Å². The molecule has 0 spiro atoms. The second-order valence-electron chi connectivity index (χ2n) is 6.85. The first-order valence-electron chi connectivity index (χ1n) is 8.88. The SMILES string of the molecule is CCC(=O)N(Cc1ccc(OC(C)(C)C(=O)O)cc1)Oc1ccc(Cl)cc1C. The number of carboxylic acid groups (broad SMARTS) is 1. The summed E-state index contributed by atoms with van der Waals surface area (Å²) in [5.41, 5.74) is 0.302. The predicted octanol–water partition coefficient (Wildman–Crippen LogP) is 4.62. The van der Waals surface area contributed by atoms with E-state index in [0.717, 1.165) is 11.1 Å². The second-order valence-corrected chi connectivity index (χ2v) is 7.28. The van der Waals surface area contributed by atoms with Crippen LogP contribution in [0.25, 0.3) is 0 Å². The average molecular weight is 406 g/mol. The monoisotopic (exact) mass is 405 g/mol. The Morgan fingerprint density at radius 2 is 1.79 bits per heavy atom. The van der Waals surface area contributed by atoms with E-state index < -0.39 is 11.6 Å². The lowest BCUT2D eigenvalue weighted by atomic mass is 10.1. The summed E-state index contributed by atoms with van der Waals surface area (Å²) in [7, 11) is 0. The van der Waals surface area contributed by atoms with Crippen molar-refractivity contribution in [2.45, 2.75) is 46.3 Å². The molecule has 0 aliphatic rings. The van der Waals surface area contributed by atoms with Crippen LogP contribution in [0.15, 0.2) is 42.5 Å². The molecule has 0 fully saturated rings. The van der Waals surface area contributed by atoms with Crippen LogP contribution in [-0.4, -0.2) is 27.6 Å². The lowest BCUT2D eigenvalue weighted by molar-refractivity contribution is -0.159. The fourth-order valence-electron chi connectivity index (χ4n) is 2.35. The molecule has 0 saturated heterocycles. The number of halogens is 1. The molecule has 0 bridgehead atoms. The Bertz CT molecular complexity index is 848. The van der Waals surface area contributed by atoms with Crippen LogP contribution < -0.4 is 9.57 Å². The van der Waals surface area contributed by atoms with Crippen LogP contribution >= 0.6 is 11.6 Å². The molecular weight excluding hydrogens is 382 g/mol. The molecule has 6 nitrogen and oxygen atoms in total. The Labute approximate surface area is 169 Å². The minimum atomic E-state index is -1.33. The highest BCUT2D eigenvalue weighted by Gasteiger charge is 2.29. The number of hydrogen-bond donors (Lipinski definition) is 1. The van der Waals surface area contributed by atoms with Crippen LogP contribution in [0, 0.1) is 6.92 Å². The van der Waals surface area contributed by atoms with Gasteiger partial charge in [-0.1, -0.05) is 30.7 Å². The maximum absolute atomic E-state index is 12.3. The highest BCUT2D eigenvalue weighted by Crippen LogP contribution is 2.24. The highest BCUT2D eigenvalue weighted by molar-refractivity contribution is 6.30. The van der Waals surface area contributed by atoms with Crippen molar-refractivity contribution in [3.05, 3.63) is 58.6 Å². The number of ether oxygens (including phenoxy) is 1. The van der Waals surface area contributed by atoms with Crippen molar-refractivity contribution in [3.63, 3.8) is 0 Å². The Kier molecular flexibility index (Phi) is 6.91. The van der Waals surface area contributed by atoms with Crippen LogP contribution in [0.3, 0.4) is 0 Å². The maximum atomic E-state index is 12.3. The van der Waals surface area contributed by atoms with Crippen molar-refractivity contribution < 1.29 is 24.3 Å². The van der Waals surface area contributed by atoms with Gasteiger partial charge in [0.05, 0.1) is 6.54 Å². The third-order valence-corrected chi connectivity index (χ3v) is 4.30. The lowest BCUT2D eigenvalue weighted by Crippen LogP contribution is -2.37. The second kappa shape index (κ2) is 8.97. The average Bonchev–Trinajstić information content (AvgIpc) is 2.63. The normalized spacial score (nSPS) is 11.0. The topological polar surface area (TPSA) is 76.1 Å². The number of hydroxylamine groups is 2. The van der Waals surface area contributed by atoms with E-state index in [9.17, 15) is 9.59 Å². The molecule has 0 unspecified atom stereocenters. The molecule has 0 heterocycles. The van der Waals surface area contributed by atoms with E-state index >= 15 is 0 Å². The van der Waals surface area contributed by atoms with Gasteiger partial charge in [-0.25, -0.2) is 4.79 Å². The lowest BCUT2D eigenvalue weighted by Gasteiger charge is -2.24. The van der Waals surface area contributed by atoms with Gasteiger partial charge in [-0.05, 0) is 62.2 Å². The zero-order valence-corrected chi connectivity index (χ0v) is 17.1. The number of aliphatic carboxylic acids is 1. The standard InChI is InChI=1S/C21H24ClNO5/c1-5-19(24)23(28-18-11-8-16(22)12-14(18)2)13-15-6-9-17(10-7-15)27-21(3,4)20(25)26/h6-12H,5,13H2,1-4H3,(H,25,26). The number of carboxylic acids is 1. The molecule has 1 N–H and O–H groups in total. The number of carbonyl (C=O) groups is 2. The predicted molar refractivity (Wildman–Crippen MR) is 106 cm³/mol. The van der Waals surface area contributed by atoms with E-state index in [2.05, 4.69) is 0 Å². The number of nitrogens with zero attached hydrogens (tertiary/aromatic N) is 1. The first-order valence-corrected chi connectivity index (χ1v) is 9.26. The number of rotatable bonds is 8. The molecule has 0 saturated carbocycles. The number of hydrogen-bond acceptors (Lipinski definition) is 4. The van der Waals surface area contributed by atoms with Crippen molar-refractivity contribution in [3.8, 4) is 11.5 Å². The van der Waals surface area contributed by atoms with E-state index in [1.54, 1.807) is 49.4 Å². The zero-order chi connectivity index (χ0) is 20.9. The molecule has 1 amide bonds. The van der Waals surface area contributed by atoms with Gasteiger partial charge in [0.1, 0.15) is 5.75 Å². The first kappa shape index (κ1) is 21.6. The minimum absolute atomic E-state index is 0.165. The van der Waals surface area contributed by atoms with Gasteiger partial charge in [-0.3, -0.25) is 4.79 Å². The molecule has 2 rings (SSSR count). The summed E-state index contributed by atoms with van der Waals surface area (Å²) in [6, 6.07) is 12.1. The zero-order valence-electron chi connectivity index (χ0n) is 16.4. The fourth-order valence-corrected chi connectivity index (χ4v) is 2.58. The summed E-state index contributed by atoms with van der Waals surface area (Å²) in [5.74, 6) is -0.238. The first-order chi connectivity index (χ1) is 13.1. The van der Waals surface area contributed by atoms with Gasteiger partial charge >= 0.3 is 5.97 Å². The Morgan fingerprint density at radius 3 is 2.32 bits per heavy atom. The maximum Gasteiger partial charge on any atom is 0.347 e. The quantitative estimate of drug-likeness (QED) is 0.648. The molecule has 150 valence electrons. The summed E-state index contributed by atoms with van der Waals surface area (Å²) in [6.45, 7) is 6.81. The number of aryl methyl sites for hydroxylation is 1. The van der Waals surface area contributed by atoms with Crippen molar-refractivity contribution in [2.24, 2.45) is 0 Å². The van der Waals surface area contributed by atoms with Gasteiger partial charge in [0.2, 0.25) is 0 Å². The third kappa shape index (κ3) is 5.63. The highest BCUT2D eigenvalue weighted by atomic mass is 35.5. The Balaban J connectivity index is 2.14. The summed E-state index contributed by atoms with van der Waals surface area (Å²) < 4.78 is 5.49. The molecule has 2 aromatic rings. The van der Waals surface area contributed by atoms with Gasteiger partial charge in [-0.2, -0.15) is 5.06 Å². The van der Waals surface area contributed by atoms with Gasteiger partial charge < -0.3 is 14.7 Å². The minimum Gasteiger partial charge on any atom is -0.478 e. The fraction of sp³-hybridized carbons (Fsp3) is 0.333. The van der Waals surface area contributed by atoms with Crippen LogP contribution in [0.5, 0.6) is 11.5 Å². The Hall–Kier alpha value is -2.73. The largest absolute Gasteiger partial charge is 0.478 e. The third-order valence-electron chi connectivity index (χ3n) is 4.06. The van der Waals surface area contributed by atoms with Gasteiger partial charge in [-0.15, -0.1) is 0 Å². The van der Waals surface area contributed by atoms with Crippen LogP contribution in [0.4, 0.5) is 0 Å². The number of benzene rings is 2. The van der Waals surface area contributed by atoms with E-state index in [1.165, 1.54) is 18.9 Å². The van der Waals surface area contributed by atoms with E-state index in [0.29, 0.717) is 22.9 Å². The summed E-state index contributed by atoms with van der Waals surface area (Å²) >= 11 is 5.97. The van der Waals surface area contributed by atoms with Crippen LogP contribution in [0.2, 0.25) is 5.02 Å². The van der Waals surface area contributed by atoms with Crippen LogP contribution in [-0.2, 0) is 16.1 Å². The number of carbonyl (C=O) groups excluding carboxylic acids is 1. The molecule has 0 atom stereocenters. The summed E-state index contributed by atoms with van der Waals surface area (Å²) in [6.07, 6.45) is 0.292. The molecule has 0 aromatic heterocycles. The molecule has 0 aliphatic heterocycles. The molecule has 0 aliphatic carbocycles. The van der Waals surface area contributed by atoms with Crippen LogP contribution in [0.1, 0.15) is 38.3 Å². The molecular formula is C21H24ClNO5. The molecule has 7 heteroatoms. The van der Waals surface area contributed by atoms with Gasteiger partial charge in [0.15, 0.2) is 11.4 Å². The summed E-state index contributed by atoms with van der Waals surface area (Å²) in [5, 5.41) is 11.0. The molecule has 28 heavy (non-hydrogen) atoms. The van der Waals surface area contributed by atoms with E-state index in [1.807, 2.05) is 6.92 Å². The van der Waals surface area contributed by atoms with Gasteiger partial charge in [0.25, 0.3) is 5.91 Å². The molecule has 2 aromatic carbocycles. The van der Waals surface area contributed by atoms with Crippen molar-refractivity contribution in [1.82, 2.24) is 5.06 Å². The van der Waals surface area contributed by atoms with Crippen molar-refractivity contribution >= 4 is 23.5 Å². The Morgan fingerprint density at radius 1 is 1.14 bits per heavy atom. The van der Waals surface area contributed by atoms with E-state index in [4.69, 9.17) is 26.3 Å².